The Balaban J connectivity index is 1.86. The summed E-state index contributed by atoms with van der Waals surface area (Å²) in [6.07, 6.45) is -5.62. The molecule has 0 aromatic heterocycles. The fraction of sp³-hybridized carbons (Fsp3) is 0.0833. The zero-order chi connectivity index (χ0) is 23.7. The zero-order valence-electron chi connectivity index (χ0n) is 17.2. The second-order valence-electron chi connectivity index (χ2n) is 6.77. The number of carbonyl (C=O) groups is 2. The van der Waals surface area contributed by atoms with Crippen LogP contribution in [0.3, 0.4) is 0 Å². The van der Waals surface area contributed by atoms with Crippen molar-refractivity contribution >= 4 is 23.2 Å². The van der Waals surface area contributed by atoms with Crippen LogP contribution in [-0.2, 0) is 0 Å². The molecule has 0 aliphatic rings. The number of amides is 2. The van der Waals surface area contributed by atoms with Gasteiger partial charge in [0.2, 0.25) is 0 Å². The molecule has 6 nitrogen and oxygen atoms in total. The number of hydrogen-bond donors (Lipinski definition) is 2. The molecule has 168 valence electrons. The van der Waals surface area contributed by atoms with E-state index in [1.54, 1.807) is 78.9 Å². The van der Waals surface area contributed by atoms with Gasteiger partial charge in [-0.1, -0.05) is 66.7 Å². The van der Waals surface area contributed by atoms with Gasteiger partial charge < -0.3 is 0 Å². The van der Waals surface area contributed by atoms with Crippen LogP contribution in [0.2, 0.25) is 0 Å². The van der Waals surface area contributed by atoms with E-state index < -0.39 is 30.1 Å². The van der Waals surface area contributed by atoms with Crippen LogP contribution in [0.15, 0.2) is 101 Å². The smallest absolute Gasteiger partial charge is 0.267 e. The third-order valence-electron chi connectivity index (χ3n) is 4.43. The minimum absolute atomic E-state index is 0.0788. The predicted molar refractivity (Wildman–Crippen MR) is 119 cm³/mol. The minimum Gasteiger partial charge on any atom is -0.267 e. The summed E-state index contributed by atoms with van der Waals surface area (Å²) in [7, 11) is 0. The Hall–Kier alpha value is -4.27. The molecule has 3 aromatic carbocycles. The van der Waals surface area contributed by atoms with Gasteiger partial charge in [0.05, 0.1) is 5.71 Å². The lowest BCUT2D eigenvalue weighted by Gasteiger charge is -2.13. The third-order valence-corrected chi connectivity index (χ3v) is 4.43. The number of benzene rings is 3. The second kappa shape index (κ2) is 10.9. The van der Waals surface area contributed by atoms with Crippen molar-refractivity contribution in [1.82, 2.24) is 10.9 Å². The van der Waals surface area contributed by atoms with Crippen molar-refractivity contribution in [2.75, 3.05) is 0 Å². The van der Waals surface area contributed by atoms with E-state index in [9.17, 15) is 22.8 Å². The maximum Gasteiger partial charge on any atom is 0.431 e. The number of alkyl halides is 3. The fourth-order valence-corrected chi connectivity index (χ4v) is 2.74. The largest absolute Gasteiger partial charge is 0.431 e. The van der Waals surface area contributed by atoms with Crippen molar-refractivity contribution < 1.29 is 22.8 Å². The van der Waals surface area contributed by atoms with E-state index in [1.165, 1.54) is 12.1 Å². The summed E-state index contributed by atoms with van der Waals surface area (Å²) in [5, 5.41) is 7.25. The molecule has 0 saturated heterocycles. The van der Waals surface area contributed by atoms with Gasteiger partial charge >= 0.3 is 6.18 Å². The molecule has 2 N–H and O–H groups in total. The number of carbonyl (C=O) groups excluding carboxylic acids is 2. The van der Waals surface area contributed by atoms with Crippen LogP contribution in [0, 0.1) is 0 Å². The maximum atomic E-state index is 13.7. The standard InChI is InChI=1S/C24H19F3N4O2/c25-24(26,27)21(29-31-23(33)19-14-8-3-9-15-19)16-20(17-10-4-1-5-11-17)28-30-22(32)18-12-6-2-7-13-18/h1-15H,16H2,(H,30,32)(H,31,33)/b28-20-,29-21-. The monoisotopic (exact) mass is 452 g/mol. The Bertz CT molecular complexity index is 1150. The van der Waals surface area contributed by atoms with Gasteiger partial charge in [0.25, 0.3) is 11.8 Å². The van der Waals surface area contributed by atoms with Crippen molar-refractivity contribution in [3.8, 4) is 0 Å². The molecular formula is C24H19F3N4O2. The lowest BCUT2D eigenvalue weighted by Crippen LogP contribution is -2.31. The minimum atomic E-state index is -4.84. The first-order valence-corrected chi connectivity index (χ1v) is 9.81. The molecule has 0 spiro atoms. The van der Waals surface area contributed by atoms with Crippen molar-refractivity contribution in [2.45, 2.75) is 12.6 Å². The molecule has 33 heavy (non-hydrogen) atoms. The fourth-order valence-electron chi connectivity index (χ4n) is 2.74. The highest BCUT2D eigenvalue weighted by Gasteiger charge is 2.37. The highest BCUT2D eigenvalue weighted by atomic mass is 19.4. The summed E-state index contributed by atoms with van der Waals surface area (Å²) >= 11 is 0. The van der Waals surface area contributed by atoms with E-state index in [0.29, 0.717) is 11.1 Å². The van der Waals surface area contributed by atoms with E-state index in [0.717, 1.165) is 0 Å². The number of rotatable bonds is 7. The van der Waals surface area contributed by atoms with Gasteiger partial charge in [-0.2, -0.15) is 23.4 Å². The number of nitrogens with one attached hydrogen (secondary N) is 2. The average molecular weight is 452 g/mol. The molecule has 3 rings (SSSR count). The molecule has 0 saturated carbocycles. The van der Waals surface area contributed by atoms with Crippen molar-refractivity contribution in [1.29, 1.82) is 0 Å². The van der Waals surface area contributed by atoms with Crippen LogP contribution < -0.4 is 10.9 Å². The first-order chi connectivity index (χ1) is 15.8. The summed E-state index contributed by atoms with van der Waals surface area (Å²) in [6, 6.07) is 24.0. The lowest BCUT2D eigenvalue weighted by molar-refractivity contribution is -0.0601. The highest BCUT2D eigenvalue weighted by molar-refractivity contribution is 6.14. The molecule has 9 heteroatoms. The van der Waals surface area contributed by atoms with Crippen LogP contribution in [0.5, 0.6) is 0 Å². The van der Waals surface area contributed by atoms with Crippen LogP contribution >= 0.6 is 0 Å². The normalized spacial score (nSPS) is 12.2. The van der Waals surface area contributed by atoms with Gasteiger partial charge in [-0.05, 0) is 29.8 Å². The third kappa shape index (κ3) is 6.86. The molecule has 0 aliphatic carbocycles. The lowest BCUT2D eigenvalue weighted by atomic mass is 10.0. The maximum absolute atomic E-state index is 13.7. The van der Waals surface area contributed by atoms with Crippen LogP contribution in [-0.4, -0.2) is 29.4 Å². The molecule has 2 amide bonds. The van der Waals surface area contributed by atoms with Crippen LogP contribution in [0.1, 0.15) is 32.7 Å². The summed E-state index contributed by atoms with van der Waals surface area (Å²) < 4.78 is 41.1. The number of nitrogens with zero attached hydrogens (tertiary/aromatic N) is 2. The predicted octanol–water partition coefficient (Wildman–Crippen LogP) is 4.56. The second-order valence-corrected chi connectivity index (χ2v) is 6.77. The molecule has 0 heterocycles. The van der Waals surface area contributed by atoms with E-state index in [1.807, 2.05) is 5.43 Å². The van der Waals surface area contributed by atoms with E-state index in [2.05, 4.69) is 15.6 Å². The molecule has 0 unspecified atom stereocenters. The van der Waals surface area contributed by atoms with Gasteiger partial charge in [0, 0.05) is 17.5 Å². The molecule has 0 radical (unpaired) electrons. The molecule has 3 aromatic rings. The zero-order valence-corrected chi connectivity index (χ0v) is 17.2. The first-order valence-electron chi connectivity index (χ1n) is 9.81. The Morgan fingerprint density at radius 1 is 0.636 bits per heavy atom. The molecule has 0 fully saturated rings. The molecule has 0 atom stereocenters. The van der Waals surface area contributed by atoms with Gasteiger partial charge in [-0.25, -0.2) is 10.9 Å². The summed E-state index contributed by atoms with van der Waals surface area (Å²) in [5.74, 6) is -1.36. The van der Waals surface area contributed by atoms with Gasteiger partial charge in [0.15, 0.2) is 0 Å². The van der Waals surface area contributed by atoms with Crippen LogP contribution in [0.4, 0.5) is 13.2 Å². The van der Waals surface area contributed by atoms with Crippen molar-refractivity contribution in [3.05, 3.63) is 108 Å². The van der Waals surface area contributed by atoms with Gasteiger partial charge in [-0.15, -0.1) is 0 Å². The molecule has 0 aliphatic heterocycles. The average Bonchev–Trinajstić information content (AvgIpc) is 2.84. The van der Waals surface area contributed by atoms with E-state index in [4.69, 9.17) is 0 Å². The molecular weight excluding hydrogens is 433 g/mol. The Kier molecular flexibility index (Phi) is 7.69. The molecule has 0 bridgehead atoms. The Morgan fingerprint density at radius 3 is 1.45 bits per heavy atom. The number of hydrogen-bond acceptors (Lipinski definition) is 4. The van der Waals surface area contributed by atoms with Crippen LogP contribution in [0.25, 0.3) is 0 Å². The van der Waals surface area contributed by atoms with Crippen molar-refractivity contribution in [2.24, 2.45) is 10.2 Å². The van der Waals surface area contributed by atoms with Gasteiger partial charge in [0.1, 0.15) is 5.71 Å². The van der Waals surface area contributed by atoms with Gasteiger partial charge in [-0.3, -0.25) is 9.59 Å². The summed E-state index contributed by atoms with van der Waals surface area (Å²) in [4.78, 5) is 24.4. The van der Waals surface area contributed by atoms with Crippen molar-refractivity contribution in [3.63, 3.8) is 0 Å². The SMILES string of the molecule is O=C(N/N=C(/C/C(=N/NC(=O)c1ccccc1)C(F)(F)F)c1ccccc1)c1ccccc1. The summed E-state index contributed by atoms with van der Waals surface area (Å²) in [6.45, 7) is 0. The summed E-state index contributed by atoms with van der Waals surface area (Å²) in [5.41, 5.74) is 3.69. The Morgan fingerprint density at radius 2 is 1.03 bits per heavy atom. The van der Waals surface area contributed by atoms with E-state index in [-0.39, 0.29) is 11.3 Å². The quantitative estimate of drug-likeness (QED) is 0.407. The highest BCUT2D eigenvalue weighted by Crippen LogP contribution is 2.21. The number of halogens is 3. The first kappa shape index (κ1) is 23.4. The topological polar surface area (TPSA) is 82.9 Å². The number of hydrazone groups is 2. The Labute approximate surface area is 187 Å². The van der Waals surface area contributed by atoms with E-state index >= 15 is 0 Å².